The minimum absolute atomic E-state index is 0.275. The Morgan fingerprint density at radius 3 is 2.11 bits per heavy atom. The predicted octanol–water partition coefficient (Wildman–Crippen LogP) is 1.94. The molecule has 2 rings (SSSR count). The van der Waals surface area contributed by atoms with Crippen LogP contribution in [-0.4, -0.2) is 67.1 Å². The molecule has 0 aromatic carbocycles. The topological polar surface area (TPSA) is 9.72 Å². The molecule has 0 saturated carbocycles. The molecule has 3 nitrogen and oxygen atoms in total. The SMILES string of the molecule is CN1C(Cl)C(C2CN(C)N(C)C2)CCC1C(F)F. The van der Waals surface area contributed by atoms with Gasteiger partial charge in [-0.3, -0.25) is 4.90 Å². The van der Waals surface area contributed by atoms with Crippen molar-refractivity contribution in [1.29, 1.82) is 0 Å². The monoisotopic (exact) mass is 281 g/mol. The maximum Gasteiger partial charge on any atom is 0.253 e. The molecule has 0 amide bonds. The normalized spacial score (nSPS) is 37.8. The third-order valence-electron chi connectivity index (χ3n) is 4.54. The van der Waals surface area contributed by atoms with Gasteiger partial charge in [-0.15, -0.1) is 11.6 Å². The number of rotatable bonds is 2. The molecule has 3 atom stereocenters. The zero-order valence-corrected chi connectivity index (χ0v) is 11.9. The van der Waals surface area contributed by atoms with Gasteiger partial charge in [0.2, 0.25) is 0 Å². The first-order valence-corrected chi connectivity index (χ1v) is 6.91. The molecule has 0 bridgehead atoms. The van der Waals surface area contributed by atoms with E-state index in [9.17, 15) is 8.78 Å². The Morgan fingerprint density at radius 2 is 1.61 bits per heavy atom. The molecule has 106 valence electrons. The molecule has 18 heavy (non-hydrogen) atoms. The van der Waals surface area contributed by atoms with E-state index >= 15 is 0 Å². The van der Waals surface area contributed by atoms with E-state index in [-0.39, 0.29) is 5.50 Å². The molecule has 0 N–H and O–H groups in total. The summed E-state index contributed by atoms with van der Waals surface area (Å²) in [7, 11) is 5.83. The lowest BCUT2D eigenvalue weighted by molar-refractivity contribution is -0.0163. The summed E-state index contributed by atoms with van der Waals surface area (Å²) >= 11 is 6.40. The van der Waals surface area contributed by atoms with Gasteiger partial charge in [0, 0.05) is 27.2 Å². The number of nitrogens with zero attached hydrogens (tertiary/aromatic N) is 3. The molecule has 2 aliphatic rings. The molecule has 0 spiro atoms. The molecule has 2 saturated heterocycles. The Morgan fingerprint density at radius 1 is 1.06 bits per heavy atom. The molecule has 6 heteroatoms. The van der Waals surface area contributed by atoms with E-state index in [4.69, 9.17) is 11.6 Å². The minimum Gasteiger partial charge on any atom is -0.282 e. The van der Waals surface area contributed by atoms with Crippen LogP contribution < -0.4 is 0 Å². The van der Waals surface area contributed by atoms with Crippen LogP contribution in [-0.2, 0) is 0 Å². The standard InChI is InChI=1S/C12H22ClF2N3/c1-16-6-8(7-17(16)2)9-4-5-10(12(14)15)18(3)11(9)13/h8-12H,4-7H2,1-3H3. The largest absolute Gasteiger partial charge is 0.282 e. The number of halogens is 3. The summed E-state index contributed by atoms with van der Waals surface area (Å²) in [5.74, 6) is 0.780. The average Bonchev–Trinajstić information content (AvgIpc) is 2.62. The van der Waals surface area contributed by atoms with Crippen LogP contribution in [0.25, 0.3) is 0 Å². The van der Waals surface area contributed by atoms with Crippen LogP contribution >= 0.6 is 11.6 Å². The van der Waals surface area contributed by atoms with Crippen molar-refractivity contribution in [3.8, 4) is 0 Å². The summed E-state index contributed by atoms with van der Waals surface area (Å²) in [5, 5.41) is 4.35. The van der Waals surface area contributed by atoms with Crippen LogP contribution in [0.2, 0.25) is 0 Å². The third kappa shape index (κ3) is 2.64. The summed E-state index contributed by atoms with van der Waals surface area (Å²) in [4.78, 5) is 1.67. The van der Waals surface area contributed by atoms with Gasteiger partial charge in [0.25, 0.3) is 6.43 Å². The lowest BCUT2D eigenvalue weighted by Gasteiger charge is -2.43. The maximum absolute atomic E-state index is 12.9. The number of piperidine rings is 1. The maximum atomic E-state index is 12.9. The Labute approximate surface area is 113 Å². The van der Waals surface area contributed by atoms with Crippen molar-refractivity contribution in [2.24, 2.45) is 11.8 Å². The van der Waals surface area contributed by atoms with Crippen molar-refractivity contribution in [2.45, 2.75) is 30.8 Å². The summed E-state index contributed by atoms with van der Waals surface area (Å²) in [6, 6.07) is -0.680. The Kier molecular flexibility index (Phi) is 4.47. The van der Waals surface area contributed by atoms with Gasteiger partial charge >= 0.3 is 0 Å². The van der Waals surface area contributed by atoms with E-state index in [0.29, 0.717) is 18.3 Å². The van der Waals surface area contributed by atoms with E-state index < -0.39 is 12.5 Å². The van der Waals surface area contributed by atoms with Crippen molar-refractivity contribution in [2.75, 3.05) is 34.2 Å². The van der Waals surface area contributed by atoms with Crippen molar-refractivity contribution in [1.82, 2.24) is 14.9 Å². The highest BCUT2D eigenvalue weighted by atomic mass is 35.5. The molecular weight excluding hydrogens is 260 g/mol. The number of likely N-dealkylation sites (tertiary alicyclic amines) is 1. The van der Waals surface area contributed by atoms with E-state index in [0.717, 1.165) is 19.5 Å². The summed E-state index contributed by atoms with van der Waals surface area (Å²) in [6.45, 7) is 1.94. The quantitative estimate of drug-likeness (QED) is 0.566. The van der Waals surface area contributed by atoms with Gasteiger partial charge in [0.15, 0.2) is 0 Å². The second-order valence-corrected chi connectivity index (χ2v) is 6.07. The van der Waals surface area contributed by atoms with Gasteiger partial charge in [-0.1, -0.05) is 0 Å². The minimum atomic E-state index is -2.30. The first-order valence-electron chi connectivity index (χ1n) is 6.48. The van der Waals surface area contributed by atoms with Crippen LogP contribution in [0, 0.1) is 11.8 Å². The molecule has 0 radical (unpaired) electrons. The summed E-state index contributed by atoms with van der Waals surface area (Å²) < 4.78 is 25.7. The zero-order chi connectivity index (χ0) is 13.4. The van der Waals surface area contributed by atoms with Crippen molar-refractivity contribution in [3.05, 3.63) is 0 Å². The van der Waals surface area contributed by atoms with Gasteiger partial charge in [0.05, 0.1) is 11.5 Å². The van der Waals surface area contributed by atoms with Gasteiger partial charge in [-0.2, -0.15) is 0 Å². The third-order valence-corrected chi connectivity index (χ3v) is 5.17. The fourth-order valence-corrected chi connectivity index (χ4v) is 3.72. The molecule has 2 fully saturated rings. The lowest BCUT2D eigenvalue weighted by Crippen LogP contribution is -2.51. The van der Waals surface area contributed by atoms with Crippen molar-refractivity contribution >= 4 is 11.6 Å². The van der Waals surface area contributed by atoms with E-state index in [2.05, 4.69) is 24.1 Å². The number of hydrogen-bond donors (Lipinski definition) is 0. The fourth-order valence-electron chi connectivity index (χ4n) is 3.24. The van der Waals surface area contributed by atoms with Crippen LogP contribution in [0.1, 0.15) is 12.8 Å². The second-order valence-electron chi connectivity index (χ2n) is 5.62. The average molecular weight is 282 g/mol. The fraction of sp³-hybridized carbons (Fsp3) is 1.00. The van der Waals surface area contributed by atoms with E-state index in [1.165, 1.54) is 0 Å². The van der Waals surface area contributed by atoms with Gasteiger partial charge < -0.3 is 0 Å². The first kappa shape index (κ1) is 14.4. The molecule has 0 aromatic heterocycles. The van der Waals surface area contributed by atoms with Crippen LogP contribution in [0.5, 0.6) is 0 Å². The molecule has 3 unspecified atom stereocenters. The second kappa shape index (κ2) is 5.57. The van der Waals surface area contributed by atoms with Gasteiger partial charge in [0.1, 0.15) is 0 Å². The van der Waals surface area contributed by atoms with Crippen LogP contribution in [0.4, 0.5) is 8.78 Å². The number of alkyl halides is 3. The predicted molar refractivity (Wildman–Crippen MR) is 68.7 cm³/mol. The van der Waals surface area contributed by atoms with Crippen LogP contribution in [0.15, 0.2) is 0 Å². The van der Waals surface area contributed by atoms with E-state index in [1.54, 1.807) is 11.9 Å². The molecule has 2 heterocycles. The van der Waals surface area contributed by atoms with Crippen molar-refractivity contribution < 1.29 is 8.78 Å². The summed E-state index contributed by atoms with van der Waals surface area (Å²) in [5.41, 5.74) is -0.275. The Bertz CT molecular complexity index is 282. The lowest BCUT2D eigenvalue weighted by atomic mass is 9.83. The highest BCUT2D eigenvalue weighted by Gasteiger charge is 2.43. The van der Waals surface area contributed by atoms with E-state index in [1.807, 2.05) is 0 Å². The number of hydrazine groups is 1. The summed E-state index contributed by atoms with van der Waals surface area (Å²) in [6.07, 6.45) is -0.947. The number of hydrogen-bond acceptors (Lipinski definition) is 3. The van der Waals surface area contributed by atoms with Crippen LogP contribution in [0.3, 0.4) is 0 Å². The van der Waals surface area contributed by atoms with Gasteiger partial charge in [-0.05, 0) is 31.7 Å². The molecule has 2 aliphatic heterocycles. The highest BCUT2D eigenvalue weighted by Crippen LogP contribution is 2.38. The zero-order valence-electron chi connectivity index (χ0n) is 11.2. The molecule has 0 aromatic rings. The van der Waals surface area contributed by atoms with Gasteiger partial charge in [-0.25, -0.2) is 18.8 Å². The molecular formula is C12H22ClF2N3. The Hall–Kier alpha value is 0.0300. The van der Waals surface area contributed by atoms with Crippen molar-refractivity contribution in [3.63, 3.8) is 0 Å². The molecule has 0 aliphatic carbocycles. The first-order chi connectivity index (χ1) is 8.41. The highest BCUT2D eigenvalue weighted by molar-refractivity contribution is 6.20. The smallest absolute Gasteiger partial charge is 0.253 e. The Balaban J connectivity index is 2.00.